The summed E-state index contributed by atoms with van der Waals surface area (Å²) in [6.45, 7) is 3.99. The van der Waals surface area contributed by atoms with Gasteiger partial charge in [0, 0.05) is 4.88 Å². The van der Waals surface area contributed by atoms with E-state index in [4.69, 9.17) is 0 Å². The number of hydrogen-bond donors (Lipinski definition) is 2. The summed E-state index contributed by atoms with van der Waals surface area (Å²) >= 11 is 5.08. The third kappa shape index (κ3) is 2.44. The maximum atomic E-state index is 10.6. The number of rotatable bonds is 2. The summed E-state index contributed by atoms with van der Waals surface area (Å²) in [5.74, 6) is 0.379. The van der Waals surface area contributed by atoms with Crippen LogP contribution in [0.25, 0.3) is 0 Å². The lowest BCUT2D eigenvalue weighted by Gasteiger charge is -2.35. The van der Waals surface area contributed by atoms with E-state index in [2.05, 4.69) is 21.2 Å². The van der Waals surface area contributed by atoms with Crippen molar-refractivity contribution in [1.29, 1.82) is 0 Å². The van der Waals surface area contributed by atoms with Gasteiger partial charge in [-0.2, -0.15) is 0 Å². The third-order valence-electron chi connectivity index (χ3n) is 3.21. The van der Waals surface area contributed by atoms with Gasteiger partial charge in [-0.3, -0.25) is 0 Å². The summed E-state index contributed by atoms with van der Waals surface area (Å²) in [7, 11) is 0. The molecule has 84 valence electrons. The average Bonchev–Trinajstić information content (AvgIpc) is 2.67. The molecule has 2 heterocycles. The van der Waals surface area contributed by atoms with Gasteiger partial charge >= 0.3 is 0 Å². The van der Waals surface area contributed by atoms with Gasteiger partial charge in [0.1, 0.15) is 0 Å². The molecule has 1 aliphatic heterocycles. The Morgan fingerprint density at radius 3 is 2.67 bits per heavy atom. The molecule has 1 atom stereocenters. The maximum absolute atomic E-state index is 10.6. The fraction of sp³-hybridized carbons (Fsp3) is 0.636. The second kappa shape index (κ2) is 4.53. The molecule has 1 fully saturated rings. The minimum absolute atomic E-state index is 0.379. The summed E-state index contributed by atoms with van der Waals surface area (Å²) in [4.78, 5) is 1.07. The Morgan fingerprint density at radius 2 is 2.13 bits per heavy atom. The highest BCUT2D eigenvalue weighted by Crippen LogP contribution is 2.39. The zero-order chi connectivity index (χ0) is 10.9. The molecule has 0 radical (unpaired) electrons. The molecule has 0 bridgehead atoms. The first-order valence-electron chi connectivity index (χ1n) is 5.29. The standard InChI is InChI=1S/C11H16BrNOS/c1-11(14,8-4-6-13-7-5-8)9-2-3-10(12)15-9/h2-3,8,13-14H,4-7H2,1H3. The van der Waals surface area contributed by atoms with Gasteiger partial charge in [-0.25, -0.2) is 0 Å². The molecule has 0 aromatic carbocycles. The number of nitrogens with one attached hydrogen (secondary N) is 1. The first-order valence-corrected chi connectivity index (χ1v) is 6.90. The summed E-state index contributed by atoms with van der Waals surface area (Å²) in [5, 5.41) is 13.9. The SMILES string of the molecule is CC(O)(c1ccc(Br)s1)C1CCNCC1. The normalized spacial score (nSPS) is 22.6. The topological polar surface area (TPSA) is 32.3 Å². The van der Waals surface area contributed by atoms with Crippen molar-refractivity contribution in [3.05, 3.63) is 20.8 Å². The van der Waals surface area contributed by atoms with E-state index in [1.54, 1.807) is 11.3 Å². The van der Waals surface area contributed by atoms with Crippen LogP contribution < -0.4 is 5.32 Å². The van der Waals surface area contributed by atoms with Gasteiger partial charge in [0.15, 0.2) is 0 Å². The zero-order valence-electron chi connectivity index (χ0n) is 8.79. The fourth-order valence-electron chi connectivity index (χ4n) is 2.17. The van der Waals surface area contributed by atoms with Crippen LogP contribution in [-0.2, 0) is 5.60 Å². The van der Waals surface area contributed by atoms with Crippen LogP contribution in [0.4, 0.5) is 0 Å². The van der Waals surface area contributed by atoms with Crippen molar-refractivity contribution in [3.8, 4) is 0 Å². The minimum Gasteiger partial charge on any atom is -0.384 e. The minimum atomic E-state index is -0.668. The molecule has 1 aliphatic rings. The van der Waals surface area contributed by atoms with Crippen LogP contribution in [0, 0.1) is 5.92 Å². The first-order chi connectivity index (χ1) is 7.10. The van der Waals surface area contributed by atoms with E-state index < -0.39 is 5.60 Å². The molecule has 0 spiro atoms. The number of hydrogen-bond acceptors (Lipinski definition) is 3. The van der Waals surface area contributed by atoms with Crippen molar-refractivity contribution in [3.63, 3.8) is 0 Å². The predicted molar refractivity (Wildman–Crippen MR) is 67.2 cm³/mol. The van der Waals surface area contributed by atoms with Crippen molar-refractivity contribution in [1.82, 2.24) is 5.32 Å². The van der Waals surface area contributed by atoms with Crippen LogP contribution in [0.5, 0.6) is 0 Å². The molecular formula is C11H16BrNOS. The molecule has 0 aliphatic carbocycles. The maximum Gasteiger partial charge on any atom is 0.0989 e. The molecule has 2 rings (SSSR count). The van der Waals surface area contributed by atoms with Gasteiger partial charge in [-0.05, 0) is 66.8 Å². The third-order valence-corrected chi connectivity index (χ3v) is 5.06. The molecule has 2 nitrogen and oxygen atoms in total. The second-order valence-electron chi connectivity index (χ2n) is 4.28. The van der Waals surface area contributed by atoms with E-state index in [1.807, 2.05) is 19.1 Å². The molecule has 2 N–H and O–H groups in total. The molecule has 1 unspecified atom stereocenters. The average molecular weight is 290 g/mol. The zero-order valence-corrected chi connectivity index (χ0v) is 11.2. The van der Waals surface area contributed by atoms with E-state index in [0.717, 1.165) is 34.6 Å². The van der Waals surface area contributed by atoms with Crippen LogP contribution in [0.3, 0.4) is 0 Å². The van der Waals surface area contributed by atoms with Crippen LogP contribution in [0.15, 0.2) is 15.9 Å². The quantitative estimate of drug-likeness (QED) is 0.878. The van der Waals surface area contributed by atoms with Crippen molar-refractivity contribution in [2.24, 2.45) is 5.92 Å². The molecular weight excluding hydrogens is 274 g/mol. The van der Waals surface area contributed by atoms with Crippen molar-refractivity contribution in [2.45, 2.75) is 25.4 Å². The molecule has 1 aromatic rings. The van der Waals surface area contributed by atoms with Crippen LogP contribution >= 0.6 is 27.3 Å². The number of thiophene rings is 1. The lowest BCUT2D eigenvalue weighted by Crippen LogP contribution is -2.39. The van der Waals surface area contributed by atoms with Gasteiger partial charge in [0.05, 0.1) is 9.39 Å². The largest absolute Gasteiger partial charge is 0.384 e. The predicted octanol–water partition coefficient (Wildman–Crippen LogP) is 2.72. The Morgan fingerprint density at radius 1 is 1.47 bits per heavy atom. The molecule has 15 heavy (non-hydrogen) atoms. The Labute approximate surface area is 103 Å². The summed E-state index contributed by atoms with van der Waals surface area (Å²) in [5.41, 5.74) is -0.668. The van der Waals surface area contributed by atoms with Crippen molar-refractivity contribution >= 4 is 27.3 Å². The molecule has 1 aromatic heterocycles. The molecule has 1 saturated heterocycles. The van der Waals surface area contributed by atoms with E-state index in [-0.39, 0.29) is 0 Å². The fourth-order valence-corrected chi connectivity index (χ4v) is 3.68. The molecule has 0 amide bonds. The van der Waals surface area contributed by atoms with Gasteiger partial charge < -0.3 is 10.4 Å². The van der Waals surface area contributed by atoms with Gasteiger partial charge in [-0.1, -0.05) is 0 Å². The Kier molecular flexibility index (Phi) is 3.50. The molecule has 0 saturated carbocycles. The Balaban J connectivity index is 2.17. The van der Waals surface area contributed by atoms with Gasteiger partial charge in [0.25, 0.3) is 0 Å². The second-order valence-corrected chi connectivity index (χ2v) is 6.74. The lowest BCUT2D eigenvalue weighted by atomic mass is 9.81. The molecule has 4 heteroatoms. The van der Waals surface area contributed by atoms with E-state index in [9.17, 15) is 5.11 Å². The van der Waals surface area contributed by atoms with Gasteiger partial charge in [0.2, 0.25) is 0 Å². The van der Waals surface area contributed by atoms with E-state index >= 15 is 0 Å². The monoisotopic (exact) mass is 289 g/mol. The van der Waals surface area contributed by atoms with E-state index in [1.165, 1.54) is 0 Å². The van der Waals surface area contributed by atoms with Gasteiger partial charge in [-0.15, -0.1) is 11.3 Å². The summed E-state index contributed by atoms with van der Waals surface area (Å²) < 4.78 is 1.09. The summed E-state index contributed by atoms with van der Waals surface area (Å²) in [6.07, 6.45) is 2.12. The highest BCUT2D eigenvalue weighted by molar-refractivity contribution is 9.11. The van der Waals surface area contributed by atoms with Crippen LogP contribution in [0.1, 0.15) is 24.6 Å². The number of halogens is 1. The first kappa shape index (κ1) is 11.6. The van der Waals surface area contributed by atoms with Crippen LogP contribution in [-0.4, -0.2) is 18.2 Å². The number of aliphatic hydroxyl groups is 1. The van der Waals surface area contributed by atoms with E-state index in [0.29, 0.717) is 5.92 Å². The highest BCUT2D eigenvalue weighted by atomic mass is 79.9. The van der Waals surface area contributed by atoms with Crippen molar-refractivity contribution < 1.29 is 5.11 Å². The smallest absolute Gasteiger partial charge is 0.0989 e. The van der Waals surface area contributed by atoms with Crippen molar-refractivity contribution in [2.75, 3.05) is 13.1 Å². The van der Waals surface area contributed by atoms with Crippen LogP contribution in [0.2, 0.25) is 0 Å². The Hall–Kier alpha value is 0.1000. The summed E-state index contributed by atoms with van der Waals surface area (Å²) in [6, 6.07) is 4.03. The number of piperidine rings is 1. The highest BCUT2D eigenvalue weighted by Gasteiger charge is 2.35. The Bertz CT molecular complexity index is 331. The lowest BCUT2D eigenvalue weighted by molar-refractivity contribution is -0.0153.